The third-order valence-corrected chi connectivity index (χ3v) is 3.24. The normalized spacial score (nSPS) is 11.9. The van der Waals surface area contributed by atoms with Crippen molar-refractivity contribution in [1.29, 1.82) is 0 Å². The van der Waals surface area contributed by atoms with Gasteiger partial charge < -0.3 is 4.74 Å². The van der Waals surface area contributed by atoms with Crippen LogP contribution in [0.5, 0.6) is 5.75 Å². The Morgan fingerprint density at radius 2 is 2.00 bits per heavy atom. The molecule has 0 spiro atoms. The Kier molecular flexibility index (Phi) is 5.43. The van der Waals surface area contributed by atoms with E-state index in [1.54, 1.807) is 23.0 Å². The number of hydrogen-bond acceptors (Lipinski definition) is 3. The summed E-state index contributed by atoms with van der Waals surface area (Å²) in [6.45, 7) is 4.46. The summed E-state index contributed by atoms with van der Waals surface area (Å²) >= 11 is 0. The van der Waals surface area contributed by atoms with Crippen molar-refractivity contribution in [3.8, 4) is 5.75 Å². The van der Waals surface area contributed by atoms with Crippen LogP contribution in [0, 0.1) is 0 Å². The van der Waals surface area contributed by atoms with Gasteiger partial charge in [0.15, 0.2) is 0 Å². The highest BCUT2D eigenvalue weighted by Gasteiger charge is 2.32. The minimum atomic E-state index is -4.68. The molecule has 0 radical (unpaired) electrons. The van der Waals surface area contributed by atoms with Crippen LogP contribution in [0.15, 0.2) is 42.7 Å². The SMILES string of the molecule is CCN(CCn1cccn1)Cc1ccccc1OC(F)(F)F. The Balaban J connectivity index is 2.01. The molecule has 2 aromatic rings. The van der Waals surface area contributed by atoms with E-state index in [0.717, 1.165) is 6.54 Å². The van der Waals surface area contributed by atoms with Gasteiger partial charge in [0.2, 0.25) is 0 Å². The lowest BCUT2D eigenvalue weighted by atomic mass is 10.2. The van der Waals surface area contributed by atoms with E-state index in [0.29, 0.717) is 25.2 Å². The minimum Gasteiger partial charge on any atom is -0.405 e. The van der Waals surface area contributed by atoms with Crippen molar-refractivity contribution >= 4 is 0 Å². The summed E-state index contributed by atoms with van der Waals surface area (Å²) in [5.74, 6) is -0.146. The highest BCUT2D eigenvalue weighted by Crippen LogP contribution is 2.27. The van der Waals surface area contributed by atoms with Gasteiger partial charge in [0.25, 0.3) is 0 Å². The maximum Gasteiger partial charge on any atom is 0.573 e. The summed E-state index contributed by atoms with van der Waals surface area (Å²) in [5.41, 5.74) is 0.516. The quantitative estimate of drug-likeness (QED) is 0.785. The van der Waals surface area contributed by atoms with Crippen molar-refractivity contribution in [1.82, 2.24) is 14.7 Å². The summed E-state index contributed by atoms with van der Waals surface area (Å²) in [7, 11) is 0. The lowest BCUT2D eigenvalue weighted by Gasteiger charge is -2.22. The first-order valence-corrected chi connectivity index (χ1v) is 7.01. The standard InChI is InChI=1S/C15H18F3N3O/c1-2-20(10-11-21-9-5-8-19-21)12-13-6-3-4-7-14(13)22-15(16,17)18/h3-9H,2,10-12H2,1H3. The molecule has 1 aromatic heterocycles. The lowest BCUT2D eigenvalue weighted by molar-refractivity contribution is -0.275. The van der Waals surface area contributed by atoms with Crippen molar-refractivity contribution < 1.29 is 17.9 Å². The average Bonchev–Trinajstić information content (AvgIpc) is 2.97. The molecule has 2 rings (SSSR count). The van der Waals surface area contributed by atoms with Gasteiger partial charge in [-0.15, -0.1) is 13.2 Å². The number of rotatable bonds is 7. The second kappa shape index (κ2) is 7.31. The van der Waals surface area contributed by atoms with Gasteiger partial charge in [0, 0.05) is 31.0 Å². The van der Waals surface area contributed by atoms with E-state index in [-0.39, 0.29) is 5.75 Å². The Hall–Kier alpha value is -2.02. The predicted molar refractivity (Wildman–Crippen MR) is 76.3 cm³/mol. The number of alkyl halides is 3. The van der Waals surface area contributed by atoms with Crippen molar-refractivity contribution in [2.75, 3.05) is 13.1 Å². The average molecular weight is 313 g/mol. The summed E-state index contributed by atoms with van der Waals surface area (Å²) < 4.78 is 43.2. The third kappa shape index (κ3) is 5.07. The largest absolute Gasteiger partial charge is 0.573 e. The number of para-hydroxylation sites is 1. The highest BCUT2D eigenvalue weighted by molar-refractivity contribution is 5.33. The van der Waals surface area contributed by atoms with Crippen LogP contribution < -0.4 is 4.74 Å². The number of benzene rings is 1. The molecule has 0 amide bonds. The summed E-state index contributed by atoms with van der Waals surface area (Å²) in [4.78, 5) is 2.04. The lowest BCUT2D eigenvalue weighted by Crippen LogP contribution is -2.28. The summed E-state index contributed by atoms with van der Waals surface area (Å²) in [5, 5.41) is 4.11. The zero-order valence-corrected chi connectivity index (χ0v) is 12.3. The van der Waals surface area contributed by atoms with Crippen LogP contribution in [-0.2, 0) is 13.1 Å². The van der Waals surface area contributed by atoms with Gasteiger partial charge in [-0.1, -0.05) is 25.1 Å². The molecule has 0 aliphatic heterocycles. The van der Waals surface area contributed by atoms with Crippen LogP contribution in [-0.4, -0.2) is 34.1 Å². The predicted octanol–water partition coefficient (Wildman–Crippen LogP) is 3.30. The number of halogens is 3. The van der Waals surface area contributed by atoms with Gasteiger partial charge in [-0.05, 0) is 18.7 Å². The molecule has 4 nitrogen and oxygen atoms in total. The number of likely N-dealkylation sites (N-methyl/N-ethyl adjacent to an activating group) is 1. The first-order chi connectivity index (χ1) is 10.5. The van der Waals surface area contributed by atoms with E-state index in [1.165, 1.54) is 12.1 Å². The first kappa shape index (κ1) is 16.4. The molecule has 0 fully saturated rings. The van der Waals surface area contributed by atoms with Crippen LogP contribution in [0.4, 0.5) is 13.2 Å². The van der Waals surface area contributed by atoms with Crippen molar-refractivity contribution in [3.05, 3.63) is 48.3 Å². The molecule has 0 bridgehead atoms. The molecule has 1 heterocycles. The van der Waals surface area contributed by atoms with Gasteiger partial charge in [-0.3, -0.25) is 9.58 Å². The number of ether oxygens (including phenoxy) is 1. The highest BCUT2D eigenvalue weighted by atomic mass is 19.4. The Morgan fingerprint density at radius 3 is 2.64 bits per heavy atom. The van der Waals surface area contributed by atoms with Crippen LogP contribution >= 0.6 is 0 Å². The van der Waals surface area contributed by atoms with Crippen LogP contribution in [0.2, 0.25) is 0 Å². The zero-order chi connectivity index (χ0) is 16.0. The first-order valence-electron chi connectivity index (χ1n) is 7.01. The topological polar surface area (TPSA) is 30.3 Å². The molecule has 1 aromatic carbocycles. The molecule has 0 saturated carbocycles. The molecule has 0 saturated heterocycles. The van der Waals surface area contributed by atoms with Gasteiger partial charge >= 0.3 is 6.36 Å². The molecule has 120 valence electrons. The molecule has 0 aliphatic rings. The Bertz CT molecular complexity index is 570. The minimum absolute atomic E-state index is 0.146. The van der Waals surface area contributed by atoms with Crippen molar-refractivity contribution in [2.24, 2.45) is 0 Å². The zero-order valence-electron chi connectivity index (χ0n) is 12.3. The Morgan fingerprint density at radius 1 is 1.23 bits per heavy atom. The van der Waals surface area contributed by atoms with E-state index < -0.39 is 6.36 Å². The number of nitrogens with zero attached hydrogens (tertiary/aromatic N) is 3. The fourth-order valence-corrected chi connectivity index (χ4v) is 2.13. The molecule has 0 N–H and O–H groups in total. The molecule has 0 aliphatic carbocycles. The molecule has 7 heteroatoms. The van der Waals surface area contributed by atoms with Crippen molar-refractivity contribution in [3.63, 3.8) is 0 Å². The van der Waals surface area contributed by atoms with E-state index in [2.05, 4.69) is 9.84 Å². The van der Waals surface area contributed by atoms with E-state index in [9.17, 15) is 13.2 Å². The van der Waals surface area contributed by atoms with Crippen LogP contribution in [0.3, 0.4) is 0 Å². The smallest absolute Gasteiger partial charge is 0.405 e. The van der Waals surface area contributed by atoms with Crippen molar-refractivity contribution in [2.45, 2.75) is 26.4 Å². The molecular formula is C15H18F3N3O. The van der Waals surface area contributed by atoms with Gasteiger partial charge in [-0.25, -0.2) is 0 Å². The molecule has 0 unspecified atom stereocenters. The number of aromatic nitrogens is 2. The molecule has 22 heavy (non-hydrogen) atoms. The Labute approximate surface area is 127 Å². The third-order valence-electron chi connectivity index (χ3n) is 3.24. The maximum absolute atomic E-state index is 12.4. The second-order valence-electron chi connectivity index (χ2n) is 4.79. The van der Waals surface area contributed by atoms with E-state index in [1.807, 2.05) is 24.1 Å². The van der Waals surface area contributed by atoms with E-state index >= 15 is 0 Å². The maximum atomic E-state index is 12.4. The van der Waals surface area contributed by atoms with Gasteiger partial charge in [0.1, 0.15) is 5.75 Å². The van der Waals surface area contributed by atoms with Crippen LogP contribution in [0.25, 0.3) is 0 Å². The fraction of sp³-hybridized carbons (Fsp3) is 0.400. The second-order valence-corrected chi connectivity index (χ2v) is 4.79. The van der Waals surface area contributed by atoms with Crippen LogP contribution in [0.1, 0.15) is 12.5 Å². The van der Waals surface area contributed by atoms with Gasteiger partial charge in [0.05, 0.1) is 6.54 Å². The molecule has 0 atom stereocenters. The summed E-state index contributed by atoms with van der Waals surface area (Å²) in [6.07, 6.45) is -1.13. The van der Waals surface area contributed by atoms with Gasteiger partial charge in [-0.2, -0.15) is 5.10 Å². The fourth-order valence-electron chi connectivity index (χ4n) is 2.13. The monoisotopic (exact) mass is 313 g/mol. The number of hydrogen-bond donors (Lipinski definition) is 0. The van der Waals surface area contributed by atoms with E-state index in [4.69, 9.17) is 0 Å². The summed E-state index contributed by atoms with van der Waals surface area (Å²) in [6, 6.07) is 8.06. The molecular weight excluding hydrogens is 295 g/mol.